The van der Waals surface area contributed by atoms with Gasteiger partial charge in [0.2, 0.25) is 0 Å². The molecule has 2 N–H and O–H groups in total. The Morgan fingerprint density at radius 2 is 1.85 bits per heavy atom. The van der Waals surface area contributed by atoms with Gasteiger partial charge in [0.15, 0.2) is 0 Å². The predicted molar refractivity (Wildman–Crippen MR) is 94.0 cm³/mol. The van der Waals surface area contributed by atoms with Crippen LogP contribution in [-0.2, 0) is 17.1 Å². The summed E-state index contributed by atoms with van der Waals surface area (Å²) in [4.78, 5) is 18.4. The molecule has 0 radical (unpaired) electrons. The van der Waals surface area contributed by atoms with Crippen LogP contribution < -0.4 is 10.3 Å². The van der Waals surface area contributed by atoms with Crippen molar-refractivity contribution in [3.05, 3.63) is 59.7 Å². The van der Waals surface area contributed by atoms with Crippen LogP contribution in [0.2, 0.25) is 0 Å². The number of amides is 1. The lowest BCUT2D eigenvalue weighted by atomic mass is 10.3. The van der Waals surface area contributed by atoms with Crippen molar-refractivity contribution >= 4 is 15.9 Å². The van der Waals surface area contributed by atoms with Crippen molar-refractivity contribution in [2.24, 2.45) is 7.05 Å². The SMILES string of the molecule is Cc1nn(C)c(C)c1S(=O)(=O)NNC(=O)c1cncn1-c1ccc(F)cc1. The van der Waals surface area contributed by atoms with Gasteiger partial charge in [0, 0.05) is 12.7 Å². The summed E-state index contributed by atoms with van der Waals surface area (Å²) in [5.41, 5.74) is 3.48. The van der Waals surface area contributed by atoms with Crippen molar-refractivity contribution in [1.82, 2.24) is 29.6 Å². The first-order valence-electron chi connectivity index (χ1n) is 7.81. The van der Waals surface area contributed by atoms with Crippen LogP contribution in [0.1, 0.15) is 21.9 Å². The first-order valence-corrected chi connectivity index (χ1v) is 9.29. The lowest BCUT2D eigenvalue weighted by Gasteiger charge is -2.10. The molecule has 0 saturated carbocycles. The van der Waals surface area contributed by atoms with Crippen molar-refractivity contribution in [2.45, 2.75) is 18.7 Å². The number of benzene rings is 1. The smallest absolute Gasteiger partial charge is 0.284 e. The van der Waals surface area contributed by atoms with Gasteiger partial charge in [0.1, 0.15) is 16.4 Å². The number of nitrogens with zero attached hydrogens (tertiary/aromatic N) is 4. The second kappa shape index (κ2) is 6.93. The maximum atomic E-state index is 13.1. The molecule has 11 heteroatoms. The maximum Gasteiger partial charge on any atom is 0.284 e. The molecule has 1 aromatic carbocycles. The summed E-state index contributed by atoms with van der Waals surface area (Å²) < 4.78 is 40.9. The molecule has 0 spiro atoms. The molecule has 0 aliphatic heterocycles. The van der Waals surface area contributed by atoms with E-state index >= 15 is 0 Å². The van der Waals surface area contributed by atoms with Crippen LogP contribution in [0.25, 0.3) is 5.69 Å². The number of hydrazine groups is 1. The molecule has 2 aromatic heterocycles. The minimum atomic E-state index is -4.01. The van der Waals surface area contributed by atoms with Gasteiger partial charge in [-0.1, -0.05) is 0 Å². The van der Waals surface area contributed by atoms with E-state index in [0.717, 1.165) is 0 Å². The molecular weight excluding hydrogens is 375 g/mol. The van der Waals surface area contributed by atoms with Gasteiger partial charge in [0.05, 0.1) is 23.9 Å². The zero-order chi connectivity index (χ0) is 19.8. The highest BCUT2D eigenvalue weighted by Gasteiger charge is 2.25. The molecule has 3 rings (SSSR count). The minimum absolute atomic E-state index is 0.00246. The van der Waals surface area contributed by atoms with E-state index in [9.17, 15) is 17.6 Å². The molecule has 2 heterocycles. The molecule has 27 heavy (non-hydrogen) atoms. The van der Waals surface area contributed by atoms with Crippen LogP contribution in [0.3, 0.4) is 0 Å². The number of imidazole rings is 1. The van der Waals surface area contributed by atoms with E-state index in [1.165, 1.54) is 46.0 Å². The molecule has 0 bridgehead atoms. The van der Waals surface area contributed by atoms with Gasteiger partial charge in [-0.3, -0.25) is 19.5 Å². The van der Waals surface area contributed by atoms with Crippen LogP contribution >= 0.6 is 0 Å². The Balaban J connectivity index is 1.81. The zero-order valence-electron chi connectivity index (χ0n) is 14.8. The number of aromatic nitrogens is 4. The number of hydrogen-bond donors (Lipinski definition) is 2. The van der Waals surface area contributed by atoms with E-state index in [1.54, 1.807) is 20.9 Å². The summed E-state index contributed by atoms with van der Waals surface area (Å²) in [5.74, 6) is -1.14. The number of sulfonamides is 1. The monoisotopic (exact) mass is 392 g/mol. The average Bonchev–Trinajstić information content (AvgIpc) is 3.19. The fraction of sp³-hybridized carbons (Fsp3) is 0.188. The molecule has 0 saturated heterocycles. The molecule has 0 aliphatic carbocycles. The summed E-state index contributed by atoms with van der Waals surface area (Å²) in [5, 5.41) is 4.05. The lowest BCUT2D eigenvalue weighted by molar-refractivity contribution is 0.0938. The van der Waals surface area contributed by atoms with Crippen LogP contribution in [0.4, 0.5) is 4.39 Å². The van der Waals surface area contributed by atoms with Crippen LogP contribution in [0, 0.1) is 19.7 Å². The summed E-state index contributed by atoms with van der Waals surface area (Å²) in [6.07, 6.45) is 2.64. The first-order chi connectivity index (χ1) is 12.7. The fourth-order valence-corrected chi connectivity index (χ4v) is 3.92. The van der Waals surface area contributed by atoms with Crippen LogP contribution in [0.15, 0.2) is 41.7 Å². The Labute approximate surface area is 154 Å². The molecular formula is C16H17FN6O3S. The third kappa shape index (κ3) is 3.59. The third-order valence-corrected chi connectivity index (χ3v) is 5.49. The van der Waals surface area contributed by atoms with Crippen molar-refractivity contribution in [2.75, 3.05) is 0 Å². The standard InChI is InChI=1S/C16H17FN6O3S/c1-10-15(11(2)22(3)20-10)27(25,26)21-19-16(24)14-8-18-9-23(14)13-6-4-12(17)5-7-13/h4-9,21H,1-3H3,(H,19,24). The predicted octanol–water partition coefficient (Wildman–Crippen LogP) is 0.985. The summed E-state index contributed by atoms with van der Waals surface area (Å²) >= 11 is 0. The molecule has 0 unspecified atom stereocenters. The molecule has 1 amide bonds. The first kappa shape index (κ1) is 18.7. The fourth-order valence-electron chi connectivity index (χ4n) is 2.64. The lowest BCUT2D eigenvalue weighted by Crippen LogP contribution is -2.42. The maximum absolute atomic E-state index is 13.1. The number of rotatable bonds is 5. The van der Waals surface area contributed by atoms with Crippen LogP contribution in [-0.4, -0.2) is 33.7 Å². The van der Waals surface area contributed by atoms with Crippen LogP contribution in [0.5, 0.6) is 0 Å². The Kier molecular flexibility index (Phi) is 4.81. The van der Waals surface area contributed by atoms with Crippen molar-refractivity contribution in [3.8, 4) is 5.69 Å². The van der Waals surface area contributed by atoms with E-state index in [2.05, 4.69) is 20.3 Å². The normalized spacial score (nSPS) is 11.6. The minimum Gasteiger partial charge on any atom is -0.295 e. The summed E-state index contributed by atoms with van der Waals surface area (Å²) in [6, 6.07) is 5.43. The molecule has 0 atom stereocenters. The van der Waals surface area contributed by atoms with Gasteiger partial charge < -0.3 is 0 Å². The van der Waals surface area contributed by atoms with Gasteiger partial charge >= 0.3 is 0 Å². The van der Waals surface area contributed by atoms with Crippen molar-refractivity contribution < 1.29 is 17.6 Å². The molecule has 0 fully saturated rings. The van der Waals surface area contributed by atoms with Gasteiger partial charge in [-0.15, -0.1) is 4.83 Å². The van der Waals surface area contributed by atoms with Gasteiger partial charge in [-0.2, -0.15) is 5.10 Å². The second-order valence-corrected chi connectivity index (χ2v) is 7.43. The largest absolute Gasteiger partial charge is 0.295 e. The summed E-state index contributed by atoms with van der Waals surface area (Å²) in [6.45, 7) is 3.17. The van der Waals surface area contributed by atoms with E-state index in [4.69, 9.17) is 0 Å². The highest BCUT2D eigenvalue weighted by molar-refractivity contribution is 7.89. The Morgan fingerprint density at radius 3 is 2.44 bits per heavy atom. The Bertz CT molecular complexity index is 1100. The van der Waals surface area contributed by atoms with Crippen molar-refractivity contribution in [1.29, 1.82) is 0 Å². The van der Waals surface area contributed by atoms with Gasteiger partial charge in [0.25, 0.3) is 15.9 Å². The van der Waals surface area contributed by atoms with E-state index in [-0.39, 0.29) is 10.6 Å². The van der Waals surface area contributed by atoms with E-state index in [0.29, 0.717) is 17.1 Å². The van der Waals surface area contributed by atoms with Gasteiger partial charge in [-0.25, -0.2) is 17.8 Å². The van der Waals surface area contributed by atoms with E-state index < -0.39 is 21.7 Å². The third-order valence-electron chi connectivity index (χ3n) is 3.99. The number of nitrogens with one attached hydrogen (secondary N) is 2. The average molecular weight is 392 g/mol. The Hall–Kier alpha value is -3.05. The molecule has 9 nitrogen and oxygen atoms in total. The molecule has 142 valence electrons. The molecule has 0 aliphatic rings. The number of hydrogen-bond acceptors (Lipinski definition) is 5. The molecule has 3 aromatic rings. The number of aryl methyl sites for hydroxylation is 2. The van der Waals surface area contributed by atoms with E-state index in [1.807, 2.05) is 0 Å². The second-order valence-electron chi connectivity index (χ2n) is 5.81. The number of carbonyl (C=O) groups excluding carboxylic acids is 1. The number of halogens is 1. The highest BCUT2D eigenvalue weighted by Crippen LogP contribution is 2.18. The zero-order valence-corrected chi connectivity index (χ0v) is 15.6. The van der Waals surface area contributed by atoms with Crippen molar-refractivity contribution in [3.63, 3.8) is 0 Å². The van der Waals surface area contributed by atoms with Gasteiger partial charge in [-0.05, 0) is 38.1 Å². The number of carbonyl (C=O) groups is 1. The Morgan fingerprint density at radius 1 is 1.19 bits per heavy atom. The summed E-state index contributed by atoms with van der Waals surface area (Å²) in [7, 11) is -2.39. The topological polar surface area (TPSA) is 111 Å². The highest BCUT2D eigenvalue weighted by atomic mass is 32.2. The quantitative estimate of drug-likeness (QED) is 0.629.